The number of methoxy groups -OCH3 is 1. The van der Waals surface area contributed by atoms with Gasteiger partial charge in [-0.25, -0.2) is 4.39 Å². The summed E-state index contributed by atoms with van der Waals surface area (Å²) in [5.74, 6) is -1.37. The number of esters is 1. The minimum absolute atomic E-state index is 0.108. The van der Waals surface area contributed by atoms with Crippen molar-refractivity contribution in [3.63, 3.8) is 0 Å². The van der Waals surface area contributed by atoms with Crippen molar-refractivity contribution in [1.29, 1.82) is 0 Å². The maximum absolute atomic E-state index is 13.2. The molecular weight excluding hydrogens is 419 g/mol. The van der Waals surface area contributed by atoms with Crippen LogP contribution in [0.5, 0.6) is 0 Å². The van der Waals surface area contributed by atoms with Crippen LogP contribution in [-0.2, 0) is 20.7 Å². The second-order valence-electron chi connectivity index (χ2n) is 6.81. The molecule has 0 saturated heterocycles. The molecule has 0 bridgehead atoms. The van der Waals surface area contributed by atoms with Crippen molar-refractivity contribution in [3.8, 4) is 10.4 Å². The number of amides is 2. The highest BCUT2D eigenvalue weighted by molar-refractivity contribution is 7.17. The summed E-state index contributed by atoms with van der Waals surface area (Å²) in [6.45, 7) is 1.73. The van der Waals surface area contributed by atoms with Gasteiger partial charge in [-0.05, 0) is 53.9 Å². The molecule has 31 heavy (non-hydrogen) atoms. The highest BCUT2D eigenvalue weighted by atomic mass is 32.1. The molecule has 8 heteroatoms. The first-order valence-corrected chi connectivity index (χ1v) is 10.3. The van der Waals surface area contributed by atoms with Crippen molar-refractivity contribution in [2.75, 3.05) is 19.0 Å². The number of hydrogen-bond donors (Lipinski definition) is 2. The molecule has 1 heterocycles. The monoisotopic (exact) mass is 440 g/mol. The van der Waals surface area contributed by atoms with E-state index in [2.05, 4.69) is 15.4 Å². The zero-order valence-corrected chi connectivity index (χ0v) is 17.8. The lowest BCUT2D eigenvalue weighted by molar-refractivity contribution is -0.141. The predicted octanol–water partition coefficient (Wildman–Crippen LogP) is 3.95. The minimum atomic E-state index is -0.516. The van der Waals surface area contributed by atoms with Gasteiger partial charge in [-0.3, -0.25) is 14.4 Å². The van der Waals surface area contributed by atoms with Crippen molar-refractivity contribution < 1.29 is 23.5 Å². The normalized spacial score (nSPS) is 10.4. The van der Waals surface area contributed by atoms with E-state index in [1.165, 1.54) is 30.6 Å². The minimum Gasteiger partial charge on any atom is -0.468 e. The van der Waals surface area contributed by atoms with Crippen LogP contribution in [0.2, 0.25) is 0 Å². The van der Waals surface area contributed by atoms with E-state index < -0.39 is 5.97 Å². The van der Waals surface area contributed by atoms with Crippen molar-refractivity contribution in [3.05, 3.63) is 76.4 Å². The van der Waals surface area contributed by atoms with Gasteiger partial charge in [0.2, 0.25) is 5.91 Å². The zero-order valence-electron chi connectivity index (χ0n) is 17.0. The molecule has 6 nitrogen and oxygen atoms in total. The summed E-state index contributed by atoms with van der Waals surface area (Å²) in [5.41, 5.74) is 3.14. The number of aryl methyl sites for hydroxylation is 1. The largest absolute Gasteiger partial charge is 0.468 e. The summed E-state index contributed by atoms with van der Waals surface area (Å²) in [6, 6.07) is 14.9. The van der Waals surface area contributed by atoms with Crippen molar-refractivity contribution in [2.24, 2.45) is 0 Å². The third-order valence-corrected chi connectivity index (χ3v) is 5.77. The maximum atomic E-state index is 13.2. The molecule has 3 aromatic rings. The predicted molar refractivity (Wildman–Crippen MR) is 118 cm³/mol. The lowest BCUT2D eigenvalue weighted by Gasteiger charge is -2.06. The third kappa shape index (κ3) is 5.99. The van der Waals surface area contributed by atoms with E-state index in [9.17, 15) is 18.8 Å². The molecular formula is C23H21FN2O4S. The number of halogens is 1. The summed E-state index contributed by atoms with van der Waals surface area (Å²) in [6.07, 6.45) is 0.108. The van der Waals surface area contributed by atoms with Gasteiger partial charge in [0.15, 0.2) is 0 Å². The molecule has 160 valence electrons. The van der Waals surface area contributed by atoms with Crippen molar-refractivity contribution >= 4 is 34.8 Å². The number of benzene rings is 2. The van der Waals surface area contributed by atoms with Crippen LogP contribution >= 0.6 is 11.3 Å². The fraction of sp³-hybridized carbons (Fsp3) is 0.174. The first kappa shape index (κ1) is 22.2. The number of carbonyl (C=O) groups excluding carboxylic acids is 3. The first-order chi connectivity index (χ1) is 14.9. The molecule has 1 aromatic heterocycles. The van der Waals surface area contributed by atoms with Gasteiger partial charge in [0.1, 0.15) is 12.4 Å². The van der Waals surface area contributed by atoms with Crippen LogP contribution in [0.15, 0.2) is 54.6 Å². The van der Waals surface area contributed by atoms with E-state index in [4.69, 9.17) is 0 Å². The van der Waals surface area contributed by atoms with Crippen molar-refractivity contribution in [1.82, 2.24) is 5.32 Å². The smallest absolute Gasteiger partial charge is 0.325 e. The van der Waals surface area contributed by atoms with Gasteiger partial charge in [0.25, 0.3) is 5.91 Å². The Labute approximate surface area is 183 Å². The molecule has 0 fully saturated rings. The molecule has 3 rings (SSSR count). The summed E-state index contributed by atoms with van der Waals surface area (Å²) in [4.78, 5) is 37.0. The highest BCUT2D eigenvalue weighted by Gasteiger charge is 2.14. The number of thiophene rings is 1. The topological polar surface area (TPSA) is 84.5 Å². The van der Waals surface area contributed by atoms with Crippen LogP contribution in [-0.4, -0.2) is 31.4 Å². The Balaban J connectivity index is 1.61. The van der Waals surface area contributed by atoms with Gasteiger partial charge in [-0.1, -0.05) is 24.3 Å². The average Bonchev–Trinajstić information content (AvgIpc) is 3.15. The van der Waals surface area contributed by atoms with Gasteiger partial charge in [0, 0.05) is 10.6 Å². The van der Waals surface area contributed by atoms with Gasteiger partial charge in [-0.15, -0.1) is 11.3 Å². The fourth-order valence-corrected chi connectivity index (χ4v) is 3.94. The Morgan fingerprint density at radius 3 is 2.35 bits per heavy atom. The van der Waals surface area contributed by atoms with E-state index in [1.54, 1.807) is 42.5 Å². The lowest BCUT2D eigenvalue weighted by atomic mass is 10.1. The Kier molecular flexibility index (Phi) is 7.15. The molecule has 0 saturated carbocycles. The van der Waals surface area contributed by atoms with E-state index in [0.29, 0.717) is 10.6 Å². The summed E-state index contributed by atoms with van der Waals surface area (Å²) >= 11 is 1.34. The number of nitrogens with one attached hydrogen (secondary N) is 2. The summed E-state index contributed by atoms with van der Waals surface area (Å²) in [5, 5.41) is 5.31. The molecule has 0 atom stereocenters. The van der Waals surface area contributed by atoms with Crippen LogP contribution in [0.25, 0.3) is 10.4 Å². The van der Waals surface area contributed by atoms with Gasteiger partial charge in [0.05, 0.1) is 18.4 Å². The Hall–Kier alpha value is -3.52. The molecule has 0 aliphatic rings. The zero-order chi connectivity index (χ0) is 22.4. The van der Waals surface area contributed by atoms with E-state index in [-0.39, 0.29) is 30.6 Å². The second-order valence-corrected chi connectivity index (χ2v) is 7.86. The third-order valence-electron chi connectivity index (χ3n) is 4.48. The average molecular weight is 440 g/mol. The van der Waals surface area contributed by atoms with Crippen molar-refractivity contribution in [2.45, 2.75) is 13.3 Å². The van der Waals surface area contributed by atoms with Crippen LogP contribution in [0.1, 0.15) is 20.8 Å². The highest BCUT2D eigenvalue weighted by Crippen LogP contribution is 2.32. The molecule has 2 N–H and O–H groups in total. The first-order valence-electron chi connectivity index (χ1n) is 9.46. The van der Waals surface area contributed by atoms with Gasteiger partial charge >= 0.3 is 5.97 Å². The van der Waals surface area contributed by atoms with E-state index in [0.717, 1.165) is 21.6 Å². The van der Waals surface area contributed by atoms with E-state index in [1.807, 2.05) is 6.92 Å². The summed E-state index contributed by atoms with van der Waals surface area (Å²) < 4.78 is 17.6. The standard InChI is InChI=1S/C23H21FN2O4S/c1-14-11-19(31-22(14)16-5-7-17(24)8-6-16)23(29)26-18-9-3-15(4-10-18)12-20(27)25-13-21(28)30-2/h3-11H,12-13H2,1-2H3,(H,25,27)(H,26,29). The Morgan fingerprint density at radius 2 is 1.71 bits per heavy atom. The molecule has 0 unspecified atom stereocenters. The van der Waals surface area contributed by atoms with E-state index >= 15 is 0 Å². The second kappa shape index (κ2) is 9.99. The number of carbonyl (C=O) groups is 3. The number of ether oxygens (including phenoxy) is 1. The maximum Gasteiger partial charge on any atom is 0.325 e. The van der Waals surface area contributed by atoms with Gasteiger partial charge < -0.3 is 15.4 Å². The molecule has 0 aliphatic heterocycles. The SMILES string of the molecule is COC(=O)CNC(=O)Cc1ccc(NC(=O)c2cc(C)c(-c3ccc(F)cc3)s2)cc1. The van der Waals surface area contributed by atoms with Crippen LogP contribution in [0.4, 0.5) is 10.1 Å². The molecule has 2 aromatic carbocycles. The van der Waals surface area contributed by atoms with Crippen LogP contribution in [0, 0.1) is 12.7 Å². The molecule has 0 radical (unpaired) electrons. The molecule has 2 amide bonds. The Morgan fingerprint density at radius 1 is 1.03 bits per heavy atom. The molecule has 0 aliphatic carbocycles. The number of anilines is 1. The molecule has 0 spiro atoms. The van der Waals surface area contributed by atoms with Gasteiger partial charge in [-0.2, -0.15) is 0 Å². The fourth-order valence-electron chi connectivity index (χ4n) is 2.87. The summed E-state index contributed by atoms with van der Waals surface area (Å²) in [7, 11) is 1.25. The number of hydrogen-bond acceptors (Lipinski definition) is 5. The van der Waals surface area contributed by atoms with Crippen LogP contribution in [0.3, 0.4) is 0 Å². The number of rotatable bonds is 7. The quantitative estimate of drug-likeness (QED) is 0.545. The Bertz CT molecular complexity index is 1090. The lowest BCUT2D eigenvalue weighted by Crippen LogP contribution is -2.31. The van der Waals surface area contributed by atoms with Crippen LogP contribution < -0.4 is 10.6 Å².